The van der Waals surface area contributed by atoms with Crippen LogP contribution in [0.2, 0.25) is 0 Å². The van der Waals surface area contributed by atoms with Gasteiger partial charge >= 0.3 is 5.97 Å². The van der Waals surface area contributed by atoms with Crippen molar-refractivity contribution in [2.24, 2.45) is 0 Å². The molecule has 3 rings (SSSR count). The summed E-state index contributed by atoms with van der Waals surface area (Å²) in [6.07, 6.45) is -0.866. The molecule has 3 aromatic rings. The number of esters is 1. The van der Waals surface area contributed by atoms with Crippen molar-refractivity contribution in [1.29, 1.82) is 0 Å². The normalized spacial score (nSPS) is 12.1. The number of Topliss-reactive ketones (excluding diaryl/α,β-unsaturated/α-hetero) is 1. The number of carbonyl (C=O) groups is 2. The molecular weight excluding hydrogens is 370 g/mol. The highest BCUT2D eigenvalue weighted by Crippen LogP contribution is 2.24. The molecule has 0 saturated carbocycles. The van der Waals surface area contributed by atoms with Crippen LogP contribution in [0.15, 0.2) is 53.0 Å². The molecule has 1 atom stereocenters. The molecule has 0 saturated heterocycles. The quantitative estimate of drug-likeness (QED) is 0.524. The molecule has 24 heavy (non-hydrogen) atoms. The third kappa shape index (κ3) is 3.12. The predicted molar refractivity (Wildman–Crippen MR) is 96.4 cm³/mol. The minimum Gasteiger partial charge on any atom is -0.451 e. The average Bonchev–Trinajstić information content (AvgIpc) is 2.89. The molecule has 0 radical (unpaired) electrons. The van der Waals surface area contributed by atoms with E-state index >= 15 is 0 Å². The topological polar surface area (TPSA) is 59.2 Å². The van der Waals surface area contributed by atoms with Crippen molar-refractivity contribution >= 4 is 38.6 Å². The number of hydrogen-bond donors (Lipinski definition) is 1. The first-order valence-electron chi connectivity index (χ1n) is 7.55. The number of fused-ring (bicyclic) bond motifs is 1. The molecule has 0 aliphatic heterocycles. The van der Waals surface area contributed by atoms with Crippen LogP contribution in [-0.2, 0) is 4.74 Å². The summed E-state index contributed by atoms with van der Waals surface area (Å²) in [6.45, 7) is 3.44. The standard InChI is InChI=1S/C19H16BrNO3/c1-11-17(15-8-3-4-9-16(15)21-11)18(22)12(2)24-19(23)13-6-5-7-14(20)10-13/h3-10,12,21H,1-2H3/t12-/m0/s1. The smallest absolute Gasteiger partial charge is 0.338 e. The fourth-order valence-electron chi connectivity index (χ4n) is 2.69. The molecule has 1 N–H and O–H groups in total. The van der Waals surface area contributed by atoms with Gasteiger partial charge in [-0.2, -0.15) is 0 Å². The van der Waals surface area contributed by atoms with Crippen LogP contribution in [0.5, 0.6) is 0 Å². The molecule has 5 heteroatoms. The van der Waals surface area contributed by atoms with Gasteiger partial charge < -0.3 is 9.72 Å². The first kappa shape index (κ1) is 16.5. The lowest BCUT2D eigenvalue weighted by Crippen LogP contribution is -2.24. The van der Waals surface area contributed by atoms with Crippen LogP contribution >= 0.6 is 15.9 Å². The third-order valence-electron chi connectivity index (χ3n) is 3.85. The van der Waals surface area contributed by atoms with E-state index < -0.39 is 12.1 Å². The van der Waals surface area contributed by atoms with E-state index in [9.17, 15) is 9.59 Å². The van der Waals surface area contributed by atoms with Gasteiger partial charge in [-0.3, -0.25) is 4.79 Å². The van der Waals surface area contributed by atoms with E-state index in [0.717, 1.165) is 21.1 Å². The van der Waals surface area contributed by atoms with Crippen molar-refractivity contribution in [3.8, 4) is 0 Å². The van der Waals surface area contributed by atoms with E-state index in [-0.39, 0.29) is 5.78 Å². The lowest BCUT2D eigenvalue weighted by atomic mass is 10.0. The molecule has 4 nitrogen and oxygen atoms in total. The second kappa shape index (κ2) is 6.61. The van der Waals surface area contributed by atoms with Crippen LogP contribution < -0.4 is 0 Å². The van der Waals surface area contributed by atoms with Crippen molar-refractivity contribution in [3.63, 3.8) is 0 Å². The van der Waals surface area contributed by atoms with Crippen molar-refractivity contribution in [2.75, 3.05) is 0 Å². The van der Waals surface area contributed by atoms with Crippen molar-refractivity contribution in [2.45, 2.75) is 20.0 Å². The number of ketones is 1. The third-order valence-corrected chi connectivity index (χ3v) is 4.35. The number of para-hydroxylation sites is 1. The Hall–Kier alpha value is -2.40. The zero-order valence-electron chi connectivity index (χ0n) is 13.3. The van der Waals surface area contributed by atoms with Gasteiger partial charge in [0.25, 0.3) is 0 Å². The number of aromatic amines is 1. The Morgan fingerprint density at radius 1 is 1.12 bits per heavy atom. The summed E-state index contributed by atoms with van der Waals surface area (Å²) in [5.74, 6) is -0.733. The highest BCUT2D eigenvalue weighted by atomic mass is 79.9. The summed E-state index contributed by atoms with van der Waals surface area (Å²) >= 11 is 3.31. The zero-order chi connectivity index (χ0) is 17.3. The highest BCUT2D eigenvalue weighted by Gasteiger charge is 2.24. The number of halogens is 1. The van der Waals surface area contributed by atoms with Crippen molar-refractivity contribution < 1.29 is 14.3 Å². The molecular formula is C19H16BrNO3. The molecule has 0 bridgehead atoms. The first-order chi connectivity index (χ1) is 11.5. The maximum atomic E-state index is 12.8. The molecule has 0 aliphatic carbocycles. The van der Waals surface area contributed by atoms with E-state index in [2.05, 4.69) is 20.9 Å². The average molecular weight is 386 g/mol. The number of aryl methyl sites for hydroxylation is 1. The number of hydrogen-bond acceptors (Lipinski definition) is 3. The number of benzene rings is 2. The van der Waals surface area contributed by atoms with Gasteiger partial charge in [0.05, 0.1) is 5.56 Å². The van der Waals surface area contributed by atoms with Gasteiger partial charge in [0.15, 0.2) is 6.10 Å². The van der Waals surface area contributed by atoms with Crippen LogP contribution in [0.3, 0.4) is 0 Å². The Bertz CT molecular complexity index is 929. The predicted octanol–water partition coefficient (Wildman–Crippen LogP) is 4.67. The summed E-state index contributed by atoms with van der Waals surface area (Å²) in [6, 6.07) is 14.5. The molecule has 0 amide bonds. The van der Waals surface area contributed by atoms with Crippen molar-refractivity contribution in [1.82, 2.24) is 4.98 Å². The van der Waals surface area contributed by atoms with Gasteiger partial charge in [0.2, 0.25) is 5.78 Å². The summed E-state index contributed by atoms with van der Waals surface area (Å²) in [4.78, 5) is 28.2. The maximum absolute atomic E-state index is 12.8. The van der Waals surface area contributed by atoms with Gasteiger partial charge in [-0.25, -0.2) is 4.79 Å². The molecule has 2 aromatic carbocycles. The summed E-state index contributed by atoms with van der Waals surface area (Å²) in [7, 11) is 0. The van der Waals surface area contributed by atoms with Gasteiger partial charge in [-0.15, -0.1) is 0 Å². The fraction of sp³-hybridized carbons (Fsp3) is 0.158. The number of H-pyrrole nitrogens is 1. The Labute approximate surface area is 148 Å². The second-order valence-electron chi connectivity index (χ2n) is 5.59. The molecule has 0 unspecified atom stereocenters. The number of nitrogens with one attached hydrogen (secondary N) is 1. The summed E-state index contributed by atoms with van der Waals surface area (Å²) in [5, 5.41) is 0.838. The molecule has 0 spiro atoms. The highest BCUT2D eigenvalue weighted by molar-refractivity contribution is 9.10. The van der Waals surface area contributed by atoms with Gasteiger partial charge in [0, 0.05) is 26.6 Å². The molecule has 1 heterocycles. The monoisotopic (exact) mass is 385 g/mol. The number of carbonyl (C=O) groups excluding carboxylic acids is 2. The molecule has 1 aromatic heterocycles. The van der Waals surface area contributed by atoms with E-state index in [4.69, 9.17) is 4.74 Å². The van der Waals surface area contributed by atoms with Crippen LogP contribution in [0.4, 0.5) is 0 Å². The van der Waals surface area contributed by atoms with Crippen molar-refractivity contribution in [3.05, 3.63) is 69.8 Å². The Balaban J connectivity index is 1.84. The van der Waals surface area contributed by atoms with Gasteiger partial charge in [0.1, 0.15) is 0 Å². The largest absolute Gasteiger partial charge is 0.451 e. The van der Waals surface area contributed by atoms with E-state index in [1.807, 2.05) is 37.3 Å². The Kier molecular flexibility index (Phi) is 4.53. The maximum Gasteiger partial charge on any atom is 0.338 e. The SMILES string of the molecule is Cc1[nH]c2ccccc2c1C(=O)[C@H](C)OC(=O)c1cccc(Br)c1. The lowest BCUT2D eigenvalue weighted by molar-refractivity contribution is 0.0319. The molecule has 122 valence electrons. The van der Waals surface area contributed by atoms with Crippen LogP contribution in [0, 0.1) is 6.92 Å². The van der Waals surface area contributed by atoms with Gasteiger partial charge in [-0.1, -0.05) is 40.2 Å². The molecule has 0 aliphatic rings. The first-order valence-corrected chi connectivity index (χ1v) is 8.34. The molecule has 0 fully saturated rings. The van der Waals surface area contributed by atoms with Crippen LogP contribution in [0.1, 0.15) is 33.3 Å². The minimum absolute atomic E-state index is 0.215. The number of ether oxygens (including phenoxy) is 1. The van der Waals surface area contributed by atoms with E-state index in [1.165, 1.54) is 0 Å². The zero-order valence-corrected chi connectivity index (χ0v) is 14.9. The summed E-state index contributed by atoms with van der Waals surface area (Å²) < 4.78 is 6.14. The summed E-state index contributed by atoms with van der Waals surface area (Å²) in [5.41, 5.74) is 2.63. The Morgan fingerprint density at radius 3 is 2.62 bits per heavy atom. The number of rotatable bonds is 4. The van der Waals surface area contributed by atoms with Gasteiger partial charge in [-0.05, 0) is 38.1 Å². The van der Waals surface area contributed by atoms with E-state index in [1.54, 1.807) is 25.1 Å². The van der Waals surface area contributed by atoms with Crippen LogP contribution in [-0.4, -0.2) is 22.8 Å². The second-order valence-corrected chi connectivity index (χ2v) is 6.51. The minimum atomic E-state index is -0.866. The Morgan fingerprint density at radius 2 is 1.88 bits per heavy atom. The fourth-order valence-corrected chi connectivity index (χ4v) is 3.09. The van der Waals surface area contributed by atoms with E-state index in [0.29, 0.717) is 11.1 Å². The number of aromatic nitrogens is 1. The van der Waals surface area contributed by atoms with Crippen LogP contribution in [0.25, 0.3) is 10.9 Å². The lowest BCUT2D eigenvalue weighted by Gasteiger charge is -2.13.